The van der Waals surface area contributed by atoms with Gasteiger partial charge in [0.1, 0.15) is 11.6 Å². The third-order valence-corrected chi connectivity index (χ3v) is 8.48. The van der Waals surface area contributed by atoms with E-state index >= 15 is 0 Å². The van der Waals surface area contributed by atoms with Gasteiger partial charge in [-0.1, -0.05) is 29.8 Å². The van der Waals surface area contributed by atoms with Gasteiger partial charge in [-0.25, -0.2) is 0 Å². The summed E-state index contributed by atoms with van der Waals surface area (Å²) in [6, 6.07) is 7.29. The van der Waals surface area contributed by atoms with Crippen molar-refractivity contribution in [2.45, 2.75) is 20.0 Å². The second-order valence-electron chi connectivity index (χ2n) is 9.06. The van der Waals surface area contributed by atoms with Gasteiger partial charge in [0.15, 0.2) is 23.0 Å². The van der Waals surface area contributed by atoms with Gasteiger partial charge in [-0.2, -0.15) is 10.1 Å². The van der Waals surface area contributed by atoms with Gasteiger partial charge in [0, 0.05) is 10.0 Å². The SMILES string of the molecule is CCOc1cc(C=NN2C(=O)[C@@H]3[C@H](C2=O)[C@H]2C=C[C@H]3C2)c(Br)c(Cl)c1OCc1ccc2c(c1)OCO2. The Labute approximate surface area is 220 Å². The number of hydrogen-bond acceptors (Lipinski definition) is 7. The molecule has 2 fully saturated rings. The molecule has 6 rings (SSSR count). The molecule has 0 spiro atoms. The van der Waals surface area contributed by atoms with Crippen LogP contribution in [0.15, 0.2) is 46.0 Å². The van der Waals surface area contributed by atoms with Crippen LogP contribution in [0.25, 0.3) is 0 Å². The Balaban J connectivity index is 1.24. The van der Waals surface area contributed by atoms with Crippen molar-refractivity contribution in [2.75, 3.05) is 13.4 Å². The van der Waals surface area contributed by atoms with E-state index in [9.17, 15) is 9.59 Å². The highest BCUT2D eigenvalue weighted by Gasteiger charge is 2.59. The van der Waals surface area contributed by atoms with Crippen LogP contribution in [0.2, 0.25) is 5.02 Å². The van der Waals surface area contributed by atoms with Crippen molar-refractivity contribution in [3.05, 3.63) is 57.0 Å². The zero-order chi connectivity index (χ0) is 25.0. The van der Waals surface area contributed by atoms with Gasteiger partial charge in [-0.3, -0.25) is 9.59 Å². The summed E-state index contributed by atoms with van der Waals surface area (Å²) in [4.78, 5) is 25.9. The lowest BCUT2D eigenvalue weighted by atomic mass is 9.85. The first-order valence-electron chi connectivity index (χ1n) is 11.7. The molecule has 0 aromatic heterocycles. The minimum absolute atomic E-state index is 0.128. The second-order valence-corrected chi connectivity index (χ2v) is 10.2. The highest BCUT2D eigenvalue weighted by atomic mass is 79.9. The Morgan fingerprint density at radius 2 is 1.83 bits per heavy atom. The average Bonchev–Trinajstić information content (AvgIpc) is 3.65. The van der Waals surface area contributed by atoms with Crippen molar-refractivity contribution in [2.24, 2.45) is 28.8 Å². The standard InChI is InChI=1S/C26H22BrClN2O6/c1-2-33-19-9-16(10-29-30-25(31)20-14-4-5-15(8-14)21(20)26(30)32)22(27)23(28)24(19)34-11-13-3-6-17-18(7-13)36-12-35-17/h3-7,9-10,14-15,20-21H,2,8,11-12H2,1H3/t14-,15-,20-,21+/m0/s1. The number of carbonyl (C=O) groups excluding carboxylic acids is 2. The van der Waals surface area contributed by atoms with Crippen molar-refractivity contribution in [1.82, 2.24) is 5.01 Å². The lowest BCUT2D eigenvalue weighted by molar-refractivity contribution is -0.140. The van der Waals surface area contributed by atoms with Gasteiger partial charge in [0.2, 0.25) is 6.79 Å². The summed E-state index contributed by atoms with van der Waals surface area (Å²) in [6.45, 7) is 2.67. The zero-order valence-electron chi connectivity index (χ0n) is 19.3. The first-order valence-corrected chi connectivity index (χ1v) is 12.9. The molecule has 2 aliphatic heterocycles. The molecule has 2 heterocycles. The molecule has 10 heteroatoms. The highest BCUT2D eigenvalue weighted by Crippen LogP contribution is 2.52. The van der Waals surface area contributed by atoms with Crippen molar-refractivity contribution in [1.29, 1.82) is 0 Å². The number of rotatable bonds is 7. The fourth-order valence-electron chi connectivity index (χ4n) is 5.40. The molecule has 4 atom stereocenters. The summed E-state index contributed by atoms with van der Waals surface area (Å²) >= 11 is 10.2. The predicted molar refractivity (Wildman–Crippen MR) is 134 cm³/mol. The smallest absolute Gasteiger partial charge is 0.254 e. The molecule has 0 N–H and O–H groups in total. The van der Waals surface area contributed by atoms with E-state index in [1.54, 1.807) is 6.07 Å². The molecule has 1 saturated carbocycles. The summed E-state index contributed by atoms with van der Waals surface area (Å²) in [7, 11) is 0. The minimum Gasteiger partial charge on any atom is -0.490 e. The number of carbonyl (C=O) groups is 2. The van der Waals surface area contributed by atoms with Gasteiger partial charge in [0.25, 0.3) is 11.8 Å². The maximum atomic E-state index is 12.9. The predicted octanol–water partition coefficient (Wildman–Crippen LogP) is 4.95. The lowest BCUT2D eigenvalue weighted by Gasteiger charge is -2.16. The van der Waals surface area contributed by atoms with Crippen molar-refractivity contribution < 1.29 is 28.5 Å². The molecule has 1 saturated heterocycles. The van der Waals surface area contributed by atoms with Gasteiger partial charge in [-0.05, 0) is 64.9 Å². The number of imide groups is 1. The number of ether oxygens (including phenoxy) is 4. The van der Waals surface area contributed by atoms with E-state index in [2.05, 4.69) is 33.2 Å². The maximum Gasteiger partial charge on any atom is 0.254 e. The van der Waals surface area contributed by atoms with Crippen LogP contribution in [0.4, 0.5) is 0 Å². The normalized spacial score (nSPS) is 25.4. The molecule has 0 unspecified atom stereocenters. The largest absolute Gasteiger partial charge is 0.490 e. The topological polar surface area (TPSA) is 86.7 Å². The Hall–Kier alpha value is -3.04. The van der Waals surface area contributed by atoms with Gasteiger partial charge < -0.3 is 18.9 Å². The number of allylic oxidation sites excluding steroid dienone is 2. The molecule has 2 bridgehead atoms. The first-order chi connectivity index (χ1) is 17.5. The van der Waals surface area contributed by atoms with Crippen LogP contribution in [-0.2, 0) is 16.2 Å². The first kappa shape index (κ1) is 23.4. The Bertz CT molecular complexity index is 1300. The van der Waals surface area contributed by atoms with E-state index < -0.39 is 0 Å². The van der Waals surface area contributed by atoms with Crippen LogP contribution in [0, 0.1) is 23.7 Å². The second kappa shape index (κ2) is 9.12. The number of fused-ring (bicyclic) bond motifs is 6. The van der Waals surface area contributed by atoms with Crippen molar-refractivity contribution >= 4 is 45.6 Å². The molecule has 2 aliphatic carbocycles. The summed E-state index contributed by atoms with van der Waals surface area (Å²) < 4.78 is 23.1. The summed E-state index contributed by atoms with van der Waals surface area (Å²) in [6.07, 6.45) is 6.43. The van der Waals surface area contributed by atoms with E-state index in [-0.39, 0.29) is 48.9 Å². The quantitative estimate of drug-likeness (QED) is 0.265. The average molecular weight is 574 g/mol. The number of amides is 2. The molecular formula is C26H22BrClN2O6. The number of nitrogens with zero attached hydrogens (tertiary/aromatic N) is 2. The van der Waals surface area contributed by atoms with E-state index in [1.165, 1.54) is 6.21 Å². The number of halogens is 2. The van der Waals surface area contributed by atoms with Gasteiger partial charge >= 0.3 is 0 Å². The van der Waals surface area contributed by atoms with Crippen LogP contribution in [0.5, 0.6) is 23.0 Å². The van der Waals surface area contributed by atoms with Crippen LogP contribution < -0.4 is 18.9 Å². The third-order valence-electron chi connectivity index (χ3n) is 7.04. The molecule has 186 valence electrons. The third kappa shape index (κ3) is 3.76. The molecule has 2 aromatic carbocycles. The van der Waals surface area contributed by atoms with Crippen molar-refractivity contribution in [3.63, 3.8) is 0 Å². The van der Waals surface area contributed by atoms with E-state index in [1.807, 2.05) is 25.1 Å². The van der Waals surface area contributed by atoms with Crippen LogP contribution in [-0.4, -0.2) is 36.4 Å². The molecular weight excluding hydrogens is 552 g/mol. The lowest BCUT2D eigenvalue weighted by Crippen LogP contribution is -2.28. The fourth-order valence-corrected chi connectivity index (χ4v) is 6.06. The highest BCUT2D eigenvalue weighted by molar-refractivity contribution is 9.10. The minimum atomic E-state index is -0.303. The summed E-state index contributed by atoms with van der Waals surface area (Å²) in [5, 5.41) is 5.56. The molecule has 0 radical (unpaired) electrons. The summed E-state index contributed by atoms with van der Waals surface area (Å²) in [5.74, 6) is 1.32. The van der Waals surface area contributed by atoms with E-state index in [0.717, 1.165) is 17.0 Å². The van der Waals surface area contributed by atoms with Gasteiger partial charge in [-0.15, -0.1) is 0 Å². The number of benzene rings is 2. The fraction of sp³-hybridized carbons (Fsp3) is 0.346. The van der Waals surface area contributed by atoms with Crippen LogP contribution in [0.1, 0.15) is 24.5 Å². The van der Waals surface area contributed by atoms with E-state index in [0.29, 0.717) is 44.7 Å². The van der Waals surface area contributed by atoms with Crippen molar-refractivity contribution in [3.8, 4) is 23.0 Å². The number of hydrogen-bond donors (Lipinski definition) is 0. The Kier molecular flexibility index (Phi) is 5.92. The molecule has 2 aromatic rings. The Morgan fingerprint density at radius 1 is 1.11 bits per heavy atom. The molecule has 4 aliphatic rings. The molecule has 8 nitrogen and oxygen atoms in total. The van der Waals surface area contributed by atoms with E-state index in [4.69, 9.17) is 30.5 Å². The maximum absolute atomic E-state index is 12.9. The summed E-state index contributed by atoms with van der Waals surface area (Å²) in [5.41, 5.74) is 1.43. The van der Waals surface area contributed by atoms with Crippen LogP contribution in [0.3, 0.4) is 0 Å². The Morgan fingerprint density at radius 3 is 2.56 bits per heavy atom. The number of hydrazone groups is 1. The monoisotopic (exact) mass is 572 g/mol. The molecule has 2 amide bonds. The van der Waals surface area contributed by atoms with Crippen LogP contribution >= 0.6 is 27.5 Å². The van der Waals surface area contributed by atoms with Gasteiger partial charge in [0.05, 0.1) is 24.7 Å². The molecule has 36 heavy (non-hydrogen) atoms. The zero-order valence-corrected chi connectivity index (χ0v) is 21.6.